The number of aromatic amines is 1. The van der Waals surface area contributed by atoms with Gasteiger partial charge in [0.25, 0.3) is 0 Å². The lowest BCUT2D eigenvalue weighted by molar-refractivity contribution is 0.0192. The normalized spacial score (nSPS) is 27.9. The van der Waals surface area contributed by atoms with Crippen LogP contribution in [0, 0.1) is 11.8 Å². The SMILES string of the molecule is CC(C)C1CCCC(O)(c2ccc3[nH]ccc3c2)CC1. The van der Waals surface area contributed by atoms with Gasteiger partial charge in [-0.15, -0.1) is 0 Å². The minimum absolute atomic E-state index is 0.630. The van der Waals surface area contributed by atoms with E-state index in [2.05, 4.69) is 43.1 Å². The second kappa shape index (κ2) is 5.25. The highest BCUT2D eigenvalue weighted by Gasteiger charge is 2.33. The van der Waals surface area contributed by atoms with Crippen LogP contribution < -0.4 is 0 Å². The Hall–Kier alpha value is -1.28. The molecule has 1 aromatic heterocycles. The van der Waals surface area contributed by atoms with Crippen molar-refractivity contribution in [2.45, 2.75) is 51.6 Å². The summed E-state index contributed by atoms with van der Waals surface area (Å²) < 4.78 is 0. The van der Waals surface area contributed by atoms with E-state index in [0.717, 1.165) is 48.6 Å². The average Bonchev–Trinajstić information content (AvgIpc) is 2.80. The Morgan fingerprint density at radius 3 is 2.85 bits per heavy atom. The summed E-state index contributed by atoms with van der Waals surface area (Å²) in [5, 5.41) is 12.3. The lowest BCUT2D eigenvalue weighted by atomic mass is 9.84. The number of hydrogen-bond acceptors (Lipinski definition) is 1. The molecule has 2 unspecified atom stereocenters. The van der Waals surface area contributed by atoms with Gasteiger partial charge in [-0.1, -0.05) is 26.3 Å². The average molecular weight is 271 g/mol. The molecule has 0 amide bonds. The van der Waals surface area contributed by atoms with Gasteiger partial charge < -0.3 is 10.1 Å². The molecule has 1 aromatic carbocycles. The molecule has 2 heteroatoms. The van der Waals surface area contributed by atoms with Gasteiger partial charge in [-0.3, -0.25) is 0 Å². The Kier molecular flexibility index (Phi) is 3.59. The van der Waals surface area contributed by atoms with Crippen molar-refractivity contribution in [1.29, 1.82) is 0 Å². The molecule has 2 nitrogen and oxygen atoms in total. The predicted molar refractivity (Wildman–Crippen MR) is 83.6 cm³/mol. The van der Waals surface area contributed by atoms with E-state index in [9.17, 15) is 5.11 Å². The van der Waals surface area contributed by atoms with Crippen LogP contribution in [0.3, 0.4) is 0 Å². The maximum absolute atomic E-state index is 11.1. The van der Waals surface area contributed by atoms with Crippen molar-refractivity contribution in [3.8, 4) is 0 Å². The summed E-state index contributed by atoms with van der Waals surface area (Å²) in [6, 6.07) is 8.42. The zero-order valence-electron chi connectivity index (χ0n) is 12.5. The van der Waals surface area contributed by atoms with E-state index in [1.54, 1.807) is 0 Å². The summed E-state index contributed by atoms with van der Waals surface area (Å²) in [6.07, 6.45) is 7.27. The van der Waals surface area contributed by atoms with E-state index in [4.69, 9.17) is 0 Å². The molecule has 2 N–H and O–H groups in total. The van der Waals surface area contributed by atoms with E-state index in [1.165, 1.54) is 11.8 Å². The Morgan fingerprint density at radius 2 is 2.05 bits per heavy atom. The summed E-state index contributed by atoms with van der Waals surface area (Å²) in [5.74, 6) is 1.49. The Balaban J connectivity index is 1.87. The van der Waals surface area contributed by atoms with E-state index in [-0.39, 0.29) is 0 Å². The molecule has 108 valence electrons. The molecule has 2 atom stereocenters. The lowest BCUT2D eigenvalue weighted by Gasteiger charge is -2.28. The number of nitrogens with one attached hydrogen (secondary N) is 1. The van der Waals surface area contributed by atoms with E-state index in [1.807, 2.05) is 6.20 Å². The van der Waals surface area contributed by atoms with Gasteiger partial charge in [-0.2, -0.15) is 0 Å². The predicted octanol–water partition coefficient (Wildman–Crippen LogP) is 4.59. The lowest BCUT2D eigenvalue weighted by Crippen LogP contribution is -2.24. The fourth-order valence-electron chi connectivity index (χ4n) is 3.65. The first kappa shape index (κ1) is 13.7. The molecule has 0 spiro atoms. The van der Waals surface area contributed by atoms with E-state index < -0.39 is 5.60 Å². The van der Waals surface area contributed by atoms with Crippen LogP contribution in [0.15, 0.2) is 30.5 Å². The third-order valence-corrected chi connectivity index (χ3v) is 5.13. The van der Waals surface area contributed by atoms with E-state index >= 15 is 0 Å². The number of hydrogen-bond donors (Lipinski definition) is 2. The molecule has 0 radical (unpaired) electrons. The second-order valence-electron chi connectivity index (χ2n) is 6.75. The molecule has 1 aliphatic rings. The van der Waals surface area contributed by atoms with Crippen molar-refractivity contribution in [3.63, 3.8) is 0 Å². The first-order valence-corrected chi connectivity index (χ1v) is 7.88. The van der Waals surface area contributed by atoms with Crippen molar-refractivity contribution in [2.24, 2.45) is 11.8 Å². The molecule has 1 heterocycles. The minimum Gasteiger partial charge on any atom is -0.385 e. The van der Waals surface area contributed by atoms with Crippen LogP contribution in [-0.2, 0) is 5.60 Å². The van der Waals surface area contributed by atoms with Crippen LogP contribution in [0.5, 0.6) is 0 Å². The van der Waals surface area contributed by atoms with Gasteiger partial charge in [-0.25, -0.2) is 0 Å². The summed E-state index contributed by atoms with van der Waals surface area (Å²) in [6.45, 7) is 4.61. The number of H-pyrrole nitrogens is 1. The van der Waals surface area contributed by atoms with Crippen LogP contribution in [0.4, 0.5) is 0 Å². The molecule has 3 rings (SSSR count). The third kappa shape index (κ3) is 2.49. The largest absolute Gasteiger partial charge is 0.385 e. The standard InChI is InChI=1S/C18H25NO/c1-13(2)14-4-3-9-18(20,10-7-14)16-5-6-17-15(12-16)8-11-19-17/h5-6,8,11-14,19-20H,3-4,7,9-10H2,1-2H3. The van der Waals surface area contributed by atoms with Crippen LogP contribution in [0.1, 0.15) is 51.5 Å². The van der Waals surface area contributed by atoms with E-state index in [0.29, 0.717) is 0 Å². The zero-order chi connectivity index (χ0) is 14.2. The Bertz CT molecular complexity index is 586. The van der Waals surface area contributed by atoms with Gasteiger partial charge in [0.15, 0.2) is 0 Å². The van der Waals surface area contributed by atoms with Crippen LogP contribution in [0.25, 0.3) is 10.9 Å². The van der Waals surface area contributed by atoms with Crippen LogP contribution >= 0.6 is 0 Å². The monoisotopic (exact) mass is 271 g/mol. The summed E-state index contributed by atoms with van der Waals surface area (Å²) >= 11 is 0. The first-order valence-electron chi connectivity index (χ1n) is 7.88. The van der Waals surface area contributed by atoms with Gasteiger partial charge in [0.05, 0.1) is 5.60 Å². The highest BCUT2D eigenvalue weighted by Crippen LogP contribution is 2.40. The molecule has 1 aliphatic carbocycles. The number of benzene rings is 1. The van der Waals surface area contributed by atoms with Crippen LogP contribution in [0.2, 0.25) is 0 Å². The van der Waals surface area contributed by atoms with Crippen molar-refractivity contribution < 1.29 is 5.11 Å². The Morgan fingerprint density at radius 1 is 1.20 bits per heavy atom. The highest BCUT2D eigenvalue weighted by atomic mass is 16.3. The molecule has 0 saturated heterocycles. The van der Waals surface area contributed by atoms with Crippen LogP contribution in [-0.4, -0.2) is 10.1 Å². The number of aromatic nitrogens is 1. The zero-order valence-corrected chi connectivity index (χ0v) is 12.5. The van der Waals surface area contributed by atoms with Crippen molar-refractivity contribution in [3.05, 3.63) is 36.0 Å². The summed E-state index contributed by atoms with van der Waals surface area (Å²) in [4.78, 5) is 3.21. The molecule has 0 bridgehead atoms. The third-order valence-electron chi connectivity index (χ3n) is 5.13. The highest BCUT2D eigenvalue weighted by molar-refractivity contribution is 5.80. The quantitative estimate of drug-likeness (QED) is 0.770. The smallest absolute Gasteiger partial charge is 0.0896 e. The first-order chi connectivity index (χ1) is 9.58. The molecular formula is C18H25NO. The van der Waals surface area contributed by atoms with Gasteiger partial charge in [0.1, 0.15) is 0 Å². The number of aliphatic hydroxyl groups is 1. The van der Waals surface area contributed by atoms with Gasteiger partial charge in [0.2, 0.25) is 0 Å². The molecule has 1 fully saturated rings. The Labute approximate surface area is 121 Å². The molecule has 0 aliphatic heterocycles. The van der Waals surface area contributed by atoms with Crippen molar-refractivity contribution in [2.75, 3.05) is 0 Å². The number of rotatable bonds is 2. The van der Waals surface area contributed by atoms with Gasteiger partial charge >= 0.3 is 0 Å². The summed E-state index contributed by atoms with van der Waals surface area (Å²) in [5.41, 5.74) is 1.61. The second-order valence-corrected chi connectivity index (χ2v) is 6.75. The molecule has 2 aromatic rings. The molecule has 20 heavy (non-hydrogen) atoms. The molecular weight excluding hydrogens is 246 g/mol. The minimum atomic E-state index is -0.630. The van der Waals surface area contributed by atoms with Gasteiger partial charge in [0, 0.05) is 11.7 Å². The van der Waals surface area contributed by atoms with Gasteiger partial charge in [-0.05, 0) is 66.7 Å². The fraction of sp³-hybridized carbons (Fsp3) is 0.556. The molecule has 1 saturated carbocycles. The number of fused-ring (bicyclic) bond motifs is 1. The summed E-state index contributed by atoms with van der Waals surface area (Å²) in [7, 11) is 0. The van der Waals surface area contributed by atoms with Crippen molar-refractivity contribution >= 4 is 10.9 Å². The maximum atomic E-state index is 11.1. The maximum Gasteiger partial charge on any atom is 0.0896 e. The van der Waals surface area contributed by atoms with Crippen molar-refractivity contribution in [1.82, 2.24) is 4.98 Å². The fourth-order valence-corrected chi connectivity index (χ4v) is 3.65. The topological polar surface area (TPSA) is 36.0 Å².